The van der Waals surface area contributed by atoms with E-state index >= 15 is 0 Å². The van der Waals surface area contributed by atoms with Crippen LogP contribution in [0, 0.1) is 0 Å². The number of rotatable bonds is 19. The van der Waals surface area contributed by atoms with E-state index in [-0.39, 0.29) is 11.9 Å². The Balaban J connectivity index is 1.50. The van der Waals surface area contributed by atoms with Gasteiger partial charge in [-0.2, -0.15) is 0 Å². The SMILES string of the molecule is CCCCCCCCOc1ccccc1C(=O)Nc1ccc(C(=O)OCC[N+](CC)(CC)Cc2cccc(OC)c2)cc1. The van der Waals surface area contributed by atoms with Crippen LogP contribution in [0.1, 0.15) is 85.6 Å². The third kappa shape index (κ3) is 10.7. The van der Waals surface area contributed by atoms with Gasteiger partial charge >= 0.3 is 5.97 Å². The maximum atomic E-state index is 13.0. The first-order chi connectivity index (χ1) is 20.9. The van der Waals surface area contributed by atoms with E-state index in [0.29, 0.717) is 42.3 Å². The molecule has 0 fully saturated rings. The number of nitrogens with one attached hydrogen (secondary N) is 1. The molecule has 0 saturated heterocycles. The lowest BCUT2D eigenvalue weighted by Gasteiger charge is -2.36. The molecule has 0 aromatic heterocycles. The fourth-order valence-electron chi connectivity index (χ4n) is 5.15. The number of unbranched alkanes of at least 4 members (excludes halogenated alkanes) is 5. The van der Waals surface area contributed by atoms with Crippen LogP contribution < -0.4 is 14.8 Å². The number of methoxy groups -OCH3 is 1. The zero-order chi connectivity index (χ0) is 30.9. The minimum Gasteiger partial charge on any atom is -0.497 e. The molecule has 0 spiro atoms. The highest BCUT2D eigenvalue weighted by Crippen LogP contribution is 2.22. The molecule has 0 bridgehead atoms. The van der Waals surface area contributed by atoms with Crippen LogP contribution in [0.25, 0.3) is 0 Å². The van der Waals surface area contributed by atoms with Gasteiger partial charge in [-0.05, 0) is 68.8 Å². The summed E-state index contributed by atoms with van der Waals surface area (Å²) in [5.74, 6) is 0.792. The van der Waals surface area contributed by atoms with Gasteiger partial charge in [-0.15, -0.1) is 0 Å². The maximum Gasteiger partial charge on any atom is 0.338 e. The number of anilines is 1. The predicted octanol–water partition coefficient (Wildman–Crippen LogP) is 7.90. The van der Waals surface area contributed by atoms with E-state index < -0.39 is 0 Å². The molecular formula is C36H49N2O5+. The molecule has 232 valence electrons. The highest BCUT2D eigenvalue weighted by Gasteiger charge is 2.25. The predicted molar refractivity (Wildman–Crippen MR) is 173 cm³/mol. The summed E-state index contributed by atoms with van der Waals surface area (Å²) in [4.78, 5) is 25.8. The number of carbonyl (C=O) groups excluding carboxylic acids is 2. The quantitative estimate of drug-likeness (QED) is 0.0874. The van der Waals surface area contributed by atoms with Gasteiger partial charge in [0.05, 0.1) is 37.9 Å². The first kappa shape index (κ1) is 33.7. The van der Waals surface area contributed by atoms with Crippen molar-refractivity contribution in [3.8, 4) is 11.5 Å². The molecule has 0 unspecified atom stereocenters. The number of likely N-dealkylation sites (N-methyl/N-ethyl adjacent to an activating group) is 1. The Morgan fingerprint density at radius 2 is 1.51 bits per heavy atom. The van der Waals surface area contributed by atoms with E-state index in [9.17, 15) is 9.59 Å². The van der Waals surface area contributed by atoms with Gasteiger partial charge < -0.3 is 24.0 Å². The average molecular weight is 590 g/mol. The van der Waals surface area contributed by atoms with Crippen molar-refractivity contribution in [2.45, 2.75) is 65.8 Å². The Labute approximate surface area is 257 Å². The minimum atomic E-state index is -0.377. The topological polar surface area (TPSA) is 73.9 Å². The minimum absolute atomic E-state index is 0.252. The van der Waals surface area contributed by atoms with Crippen molar-refractivity contribution >= 4 is 17.6 Å². The number of ether oxygens (including phenoxy) is 3. The lowest BCUT2D eigenvalue weighted by atomic mass is 10.1. The van der Waals surface area contributed by atoms with E-state index in [4.69, 9.17) is 14.2 Å². The fourth-order valence-corrected chi connectivity index (χ4v) is 5.15. The lowest BCUT2D eigenvalue weighted by Crippen LogP contribution is -2.49. The van der Waals surface area contributed by atoms with E-state index in [1.807, 2.05) is 30.3 Å². The van der Waals surface area contributed by atoms with Crippen LogP contribution in [0.15, 0.2) is 72.8 Å². The summed E-state index contributed by atoms with van der Waals surface area (Å²) in [5, 5.41) is 2.92. The number of hydrogen-bond donors (Lipinski definition) is 1. The standard InChI is InChI=1S/C36H48N2O5/c1-5-8-9-10-11-14-25-42-34-19-13-12-18-33(34)35(39)37-31-22-20-30(21-23-31)36(40)43-26-24-38(6-2,7-3)28-29-16-15-17-32(27-29)41-4/h12-13,15-23,27H,5-11,14,24-26,28H2,1-4H3/p+1. The molecule has 0 aliphatic heterocycles. The number of nitrogens with zero attached hydrogens (tertiary/aromatic N) is 1. The zero-order valence-electron chi connectivity index (χ0n) is 26.4. The Hall–Kier alpha value is -3.84. The molecule has 7 nitrogen and oxygen atoms in total. The molecule has 3 rings (SSSR count). The van der Waals surface area contributed by atoms with Gasteiger partial charge in [0.15, 0.2) is 0 Å². The van der Waals surface area contributed by atoms with Crippen LogP contribution in [-0.4, -0.2) is 56.3 Å². The van der Waals surface area contributed by atoms with Crippen molar-refractivity contribution in [1.29, 1.82) is 0 Å². The molecule has 1 amide bonds. The normalized spacial score (nSPS) is 11.2. The monoisotopic (exact) mass is 589 g/mol. The summed E-state index contributed by atoms with van der Waals surface area (Å²) in [6.07, 6.45) is 7.07. The number of para-hydroxylation sites is 1. The number of carbonyl (C=O) groups is 2. The molecule has 43 heavy (non-hydrogen) atoms. The van der Waals surface area contributed by atoms with Crippen molar-refractivity contribution in [2.24, 2.45) is 0 Å². The Bertz CT molecular complexity index is 1270. The van der Waals surface area contributed by atoms with Crippen LogP contribution in [0.2, 0.25) is 0 Å². The smallest absolute Gasteiger partial charge is 0.338 e. The second kappa shape index (κ2) is 18.0. The largest absolute Gasteiger partial charge is 0.497 e. The summed E-state index contributed by atoms with van der Waals surface area (Å²) < 4.78 is 17.8. The number of quaternary nitrogens is 1. The zero-order valence-corrected chi connectivity index (χ0v) is 26.4. The first-order valence-corrected chi connectivity index (χ1v) is 15.7. The van der Waals surface area contributed by atoms with Crippen molar-refractivity contribution in [3.63, 3.8) is 0 Å². The second-order valence-corrected chi connectivity index (χ2v) is 11.0. The molecule has 1 N–H and O–H groups in total. The number of esters is 1. The highest BCUT2D eigenvalue weighted by molar-refractivity contribution is 6.06. The van der Waals surface area contributed by atoms with Gasteiger partial charge in [0, 0.05) is 11.3 Å². The van der Waals surface area contributed by atoms with Crippen LogP contribution in [0.5, 0.6) is 11.5 Å². The molecule has 3 aromatic carbocycles. The third-order valence-corrected chi connectivity index (χ3v) is 8.06. The summed E-state index contributed by atoms with van der Waals surface area (Å²) in [6.45, 7) is 10.8. The highest BCUT2D eigenvalue weighted by atomic mass is 16.5. The summed E-state index contributed by atoms with van der Waals surface area (Å²) >= 11 is 0. The third-order valence-electron chi connectivity index (χ3n) is 8.06. The second-order valence-electron chi connectivity index (χ2n) is 11.0. The summed E-state index contributed by atoms with van der Waals surface area (Å²) in [5.41, 5.74) is 2.72. The van der Waals surface area contributed by atoms with Crippen molar-refractivity contribution in [2.75, 3.05) is 45.3 Å². The van der Waals surface area contributed by atoms with Gasteiger partial charge in [-0.3, -0.25) is 4.79 Å². The fraction of sp³-hybridized carbons (Fsp3) is 0.444. The maximum absolute atomic E-state index is 13.0. The molecule has 0 saturated carbocycles. The van der Waals surface area contributed by atoms with Crippen LogP contribution >= 0.6 is 0 Å². The van der Waals surface area contributed by atoms with Gasteiger partial charge in [-0.25, -0.2) is 4.79 Å². The van der Waals surface area contributed by atoms with Gasteiger partial charge in [0.25, 0.3) is 5.91 Å². The Morgan fingerprint density at radius 1 is 0.791 bits per heavy atom. The van der Waals surface area contributed by atoms with Gasteiger partial charge in [-0.1, -0.05) is 63.3 Å². The molecule has 0 aliphatic rings. The molecule has 7 heteroatoms. The average Bonchev–Trinajstić information content (AvgIpc) is 3.04. The van der Waals surface area contributed by atoms with E-state index in [0.717, 1.165) is 42.7 Å². The molecular weight excluding hydrogens is 540 g/mol. The molecule has 0 heterocycles. The van der Waals surface area contributed by atoms with Crippen LogP contribution in [-0.2, 0) is 11.3 Å². The van der Waals surface area contributed by atoms with Crippen molar-refractivity contribution in [1.82, 2.24) is 0 Å². The number of amides is 1. The van der Waals surface area contributed by atoms with Crippen LogP contribution in [0.3, 0.4) is 0 Å². The number of benzene rings is 3. The molecule has 0 radical (unpaired) electrons. The van der Waals surface area contributed by atoms with Crippen LogP contribution in [0.4, 0.5) is 5.69 Å². The van der Waals surface area contributed by atoms with Crippen molar-refractivity contribution in [3.05, 3.63) is 89.5 Å². The molecule has 0 aliphatic carbocycles. The summed E-state index contributed by atoms with van der Waals surface area (Å²) in [6, 6.07) is 22.2. The van der Waals surface area contributed by atoms with Gasteiger partial charge in [0.2, 0.25) is 0 Å². The Morgan fingerprint density at radius 3 is 2.23 bits per heavy atom. The molecule has 3 aromatic rings. The number of hydrogen-bond acceptors (Lipinski definition) is 5. The first-order valence-electron chi connectivity index (χ1n) is 15.7. The van der Waals surface area contributed by atoms with E-state index in [1.54, 1.807) is 37.4 Å². The van der Waals surface area contributed by atoms with E-state index in [2.05, 4.69) is 38.2 Å². The molecule has 0 atom stereocenters. The van der Waals surface area contributed by atoms with Crippen molar-refractivity contribution < 1.29 is 28.3 Å². The summed E-state index contributed by atoms with van der Waals surface area (Å²) in [7, 11) is 1.67. The van der Waals surface area contributed by atoms with E-state index in [1.165, 1.54) is 31.2 Å². The van der Waals surface area contributed by atoms with Gasteiger partial charge in [0.1, 0.15) is 31.2 Å². The lowest BCUT2D eigenvalue weighted by molar-refractivity contribution is -0.937. The Kier molecular flexibility index (Phi) is 14.1.